The van der Waals surface area contributed by atoms with E-state index in [-0.39, 0.29) is 12.2 Å². The second kappa shape index (κ2) is 12.8. The minimum absolute atomic E-state index is 0.264. The number of rotatable bonds is 10. The van der Waals surface area contributed by atoms with Gasteiger partial charge < -0.3 is 18.9 Å². The van der Waals surface area contributed by atoms with Gasteiger partial charge in [-0.1, -0.05) is 27.7 Å². The summed E-state index contributed by atoms with van der Waals surface area (Å²) in [5.74, 6) is 1.19. The lowest BCUT2D eigenvalue weighted by Crippen LogP contribution is -2.32. The van der Waals surface area contributed by atoms with Gasteiger partial charge in [-0.15, -0.1) is 0 Å². The standard InChI is InChI=1S/C20H36O6/c1-15(2)8-6-12-23-19(21)25-17-10-5-11-18(14-17)26-20(22)24-13-7-9-16(3)4/h15-18H,5-14H2,1-4H3. The van der Waals surface area contributed by atoms with E-state index in [9.17, 15) is 9.59 Å². The van der Waals surface area contributed by atoms with E-state index in [2.05, 4.69) is 27.7 Å². The molecular weight excluding hydrogens is 336 g/mol. The highest BCUT2D eigenvalue weighted by Gasteiger charge is 2.28. The first-order valence-corrected chi connectivity index (χ1v) is 10.0. The highest BCUT2D eigenvalue weighted by atomic mass is 16.7. The van der Waals surface area contributed by atoms with Gasteiger partial charge >= 0.3 is 12.3 Å². The summed E-state index contributed by atoms with van der Waals surface area (Å²) in [4.78, 5) is 23.5. The predicted octanol–water partition coefficient (Wildman–Crippen LogP) is 5.48. The van der Waals surface area contributed by atoms with Crippen LogP contribution in [0.1, 0.15) is 79.1 Å². The molecule has 0 saturated heterocycles. The molecule has 152 valence electrons. The summed E-state index contributed by atoms with van der Waals surface area (Å²) in [6.45, 7) is 9.30. The lowest BCUT2D eigenvalue weighted by molar-refractivity contribution is -0.0352. The molecule has 1 aliphatic carbocycles. The second-order valence-electron chi connectivity index (χ2n) is 7.92. The molecule has 0 amide bonds. The molecule has 0 bridgehead atoms. The summed E-state index contributed by atoms with van der Waals surface area (Å²) in [5, 5.41) is 0. The van der Waals surface area contributed by atoms with Crippen LogP contribution in [0.2, 0.25) is 0 Å². The molecule has 0 aliphatic heterocycles. The van der Waals surface area contributed by atoms with Gasteiger partial charge in [0.2, 0.25) is 0 Å². The molecule has 6 heteroatoms. The highest BCUT2D eigenvalue weighted by molar-refractivity contribution is 5.60. The average molecular weight is 373 g/mol. The van der Waals surface area contributed by atoms with Gasteiger partial charge in [0.15, 0.2) is 0 Å². The summed E-state index contributed by atoms with van der Waals surface area (Å²) in [6.07, 6.45) is 4.81. The molecule has 1 aliphatic rings. The third-order valence-electron chi connectivity index (χ3n) is 4.40. The van der Waals surface area contributed by atoms with E-state index in [4.69, 9.17) is 18.9 Å². The van der Waals surface area contributed by atoms with Gasteiger partial charge in [0.25, 0.3) is 0 Å². The fraction of sp³-hybridized carbons (Fsp3) is 0.900. The zero-order valence-corrected chi connectivity index (χ0v) is 16.8. The average Bonchev–Trinajstić information content (AvgIpc) is 2.55. The SMILES string of the molecule is CC(C)CCCOC(=O)OC1CCCC(OC(=O)OCCCC(C)C)C1. The molecule has 26 heavy (non-hydrogen) atoms. The summed E-state index contributed by atoms with van der Waals surface area (Å²) < 4.78 is 20.9. The van der Waals surface area contributed by atoms with Crippen LogP contribution in [0.3, 0.4) is 0 Å². The molecule has 1 saturated carbocycles. The third kappa shape index (κ3) is 11.2. The van der Waals surface area contributed by atoms with Crippen molar-refractivity contribution in [3.8, 4) is 0 Å². The highest BCUT2D eigenvalue weighted by Crippen LogP contribution is 2.24. The van der Waals surface area contributed by atoms with Crippen molar-refractivity contribution in [1.82, 2.24) is 0 Å². The van der Waals surface area contributed by atoms with Crippen LogP contribution < -0.4 is 0 Å². The Morgan fingerprint density at radius 3 is 1.62 bits per heavy atom. The Bertz CT molecular complexity index is 371. The minimum Gasteiger partial charge on any atom is -0.434 e. The Morgan fingerprint density at radius 2 is 1.23 bits per heavy atom. The molecule has 0 spiro atoms. The van der Waals surface area contributed by atoms with Crippen molar-refractivity contribution in [3.05, 3.63) is 0 Å². The van der Waals surface area contributed by atoms with Crippen molar-refractivity contribution in [1.29, 1.82) is 0 Å². The van der Waals surface area contributed by atoms with E-state index in [1.54, 1.807) is 0 Å². The molecule has 0 aromatic heterocycles. The van der Waals surface area contributed by atoms with Crippen LogP contribution in [-0.2, 0) is 18.9 Å². The molecular formula is C20H36O6. The van der Waals surface area contributed by atoms with Gasteiger partial charge in [-0.2, -0.15) is 0 Å². The monoisotopic (exact) mass is 372 g/mol. The fourth-order valence-corrected chi connectivity index (χ4v) is 2.95. The Labute approximate surface area is 157 Å². The molecule has 2 atom stereocenters. The van der Waals surface area contributed by atoms with Gasteiger partial charge in [0.1, 0.15) is 12.2 Å². The van der Waals surface area contributed by atoms with Gasteiger partial charge in [-0.05, 0) is 56.8 Å². The number of hydrogen-bond acceptors (Lipinski definition) is 6. The van der Waals surface area contributed by atoms with E-state index >= 15 is 0 Å². The molecule has 1 rings (SSSR count). The van der Waals surface area contributed by atoms with E-state index in [0.717, 1.165) is 44.9 Å². The molecule has 0 aromatic rings. The van der Waals surface area contributed by atoms with Crippen molar-refractivity contribution in [3.63, 3.8) is 0 Å². The normalized spacial score (nSPS) is 20.1. The maximum atomic E-state index is 11.7. The van der Waals surface area contributed by atoms with E-state index < -0.39 is 12.3 Å². The van der Waals surface area contributed by atoms with Gasteiger partial charge in [-0.25, -0.2) is 9.59 Å². The number of hydrogen-bond donors (Lipinski definition) is 0. The van der Waals surface area contributed by atoms with Gasteiger partial charge in [-0.3, -0.25) is 0 Å². The number of carbonyl (C=O) groups is 2. The quantitative estimate of drug-likeness (QED) is 0.374. The molecule has 2 unspecified atom stereocenters. The summed E-state index contributed by atoms with van der Waals surface area (Å²) in [6, 6.07) is 0. The van der Waals surface area contributed by atoms with E-state index in [1.807, 2.05) is 0 Å². The lowest BCUT2D eigenvalue weighted by atomic mass is 9.95. The van der Waals surface area contributed by atoms with E-state index in [1.165, 1.54) is 0 Å². The second-order valence-corrected chi connectivity index (χ2v) is 7.92. The topological polar surface area (TPSA) is 71.1 Å². The zero-order chi connectivity index (χ0) is 19.4. The summed E-state index contributed by atoms with van der Waals surface area (Å²) >= 11 is 0. The molecule has 1 fully saturated rings. The van der Waals surface area contributed by atoms with Crippen LogP contribution in [0, 0.1) is 11.8 Å². The first kappa shape index (κ1) is 22.6. The zero-order valence-electron chi connectivity index (χ0n) is 16.8. The number of ether oxygens (including phenoxy) is 4. The first-order valence-electron chi connectivity index (χ1n) is 10.0. The smallest absolute Gasteiger partial charge is 0.434 e. The fourth-order valence-electron chi connectivity index (χ4n) is 2.95. The molecule has 0 heterocycles. The summed E-state index contributed by atoms with van der Waals surface area (Å²) in [5.41, 5.74) is 0. The van der Waals surface area contributed by atoms with Crippen LogP contribution in [0.15, 0.2) is 0 Å². The van der Waals surface area contributed by atoms with Crippen molar-refractivity contribution < 1.29 is 28.5 Å². The van der Waals surface area contributed by atoms with Crippen LogP contribution in [0.5, 0.6) is 0 Å². The van der Waals surface area contributed by atoms with Crippen LogP contribution >= 0.6 is 0 Å². The number of carbonyl (C=O) groups excluding carboxylic acids is 2. The maximum absolute atomic E-state index is 11.7. The van der Waals surface area contributed by atoms with E-state index in [0.29, 0.717) is 31.5 Å². The predicted molar refractivity (Wildman–Crippen MR) is 99.1 cm³/mol. The largest absolute Gasteiger partial charge is 0.508 e. The Balaban J connectivity index is 2.18. The lowest BCUT2D eigenvalue weighted by Gasteiger charge is -2.28. The van der Waals surface area contributed by atoms with Crippen LogP contribution in [0.4, 0.5) is 9.59 Å². The maximum Gasteiger partial charge on any atom is 0.508 e. The van der Waals surface area contributed by atoms with Crippen molar-refractivity contribution in [2.45, 2.75) is 91.3 Å². The Kier molecular flexibility index (Phi) is 11.1. The molecule has 0 aromatic carbocycles. The van der Waals surface area contributed by atoms with Crippen LogP contribution in [0.25, 0.3) is 0 Å². The summed E-state index contributed by atoms with van der Waals surface area (Å²) in [7, 11) is 0. The van der Waals surface area contributed by atoms with Crippen molar-refractivity contribution in [2.75, 3.05) is 13.2 Å². The van der Waals surface area contributed by atoms with Gasteiger partial charge in [0.05, 0.1) is 13.2 Å². The molecule has 6 nitrogen and oxygen atoms in total. The Morgan fingerprint density at radius 1 is 0.808 bits per heavy atom. The van der Waals surface area contributed by atoms with Crippen LogP contribution in [-0.4, -0.2) is 37.7 Å². The van der Waals surface area contributed by atoms with Crippen molar-refractivity contribution in [2.24, 2.45) is 11.8 Å². The minimum atomic E-state index is -0.629. The van der Waals surface area contributed by atoms with Gasteiger partial charge in [0, 0.05) is 6.42 Å². The Hall–Kier alpha value is -1.46. The van der Waals surface area contributed by atoms with Crippen molar-refractivity contribution >= 4 is 12.3 Å². The third-order valence-corrected chi connectivity index (χ3v) is 4.40. The molecule has 0 radical (unpaired) electrons. The first-order chi connectivity index (χ1) is 12.4. The molecule has 0 N–H and O–H groups in total.